The summed E-state index contributed by atoms with van der Waals surface area (Å²) in [5.74, 6) is -2.22. The number of rotatable bonds is 6. The molecular weight excluding hydrogens is 326 g/mol. The Kier molecular flexibility index (Phi) is 5.98. The highest BCUT2D eigenvalue weighted by Gasteiger charge is 2.17. The molecule has 6 heteroatoms. The lowest BCUT2D eigenvalue weighted by molar-refractivity contribution is -0.117. The van der Waals surface area contributed by atoms with Crippen molar-refractivity contribution in [2.45, 2.75) is 32.9 Å². The zero-order valence-electron chi connectivity index (χ0n) is 14.3. The van der Waals surface area contributed by atoms with Crippen LogP contribution >= 0.6 is 0 Å². The summed E-state index contributed by atoms with van der Waals surface area (Å²) in [5, 5.41) is 5.76. The highest BCUT2D eigenvalue weighted by molar-refractivity contribution is 5.98. The Labute approximate surface area is 145 Å². The summed E-state index contributed by atoms with van der Waals surface area (Å²) in [6, 6.07) is 9.36. The van der Waals surface area contributed by atoms with Gasteiger partial charge >= 0.3 is 0 Å². The van der Waals surface area contributed by atoms with Crippen molar-refractivity contribution in [3.8, 4) is 0 Å². The average Bonchev–Trinajstić information content (AvgIpc) is 2.57. The largest absolute Gasteiger partial charge is 0.325 e. The van der Waals surface area contributed by atoms with E-state index in [1.807, 2.05) is 0 Å². The molecule has 25 heavy (non-hydrogen) atoms. The van der Waals surface area contributed by atoms with Crippen molar-refractivity contribution in [3.05, 3.63) is 65.2 Å². The number of anilines is 1. The first-order chi connectivity index (χ1) is 11.8. The third-order valence-corrected chi connectivity index (χ3v) is 3.87. The summed E-state index contributed by atoms with van der Waals surface area (Å²) >= 11 is 0. The molecule has 2 atom stereocenters. The van der Waals surface area contributed by atoms with E-state index in [1.165, 1.54) is 13.0 Å². The maximum atomic E-state index is 13.3. The van der Waals surface area contributed by atoms with Crippen molar-refractivity contribution in [2.24, 2.45) is 0 Å². The van der Waals surface area contributed by atoms with Gasteiger partial charge in [0.25, 0.3) is 0 Å². The topological polar surface area (TPSA) is 58.2 Å². The van der Waals surface area contributed by atoms with E-state index >= 15 is 0 Å². The third-order valence-electron chi connectivity index (χ3n) is 3.87. The van der Waals surface area contributed by atoms with E-state index in [9.17, 15) is 18.4 Å². The molecule has 132 valence electrons. The molecule has 0 spiro atoms. The Hall–Kier alpha value is -2.60. The molecule has 1 amide bonds. The van der Waals surface area contributed by atoms with Gasteiger partial charge in [0.15, 0.2) is 17.4 Å². The van der Waals surface area contributed by atoms with Crippen LogP contribution in [-0.4, -0.2) is 17.7 Å². The number of hydrogen-bond acceptors (Lipinski definition) is 3. The highest BCUT2D eigenvalue weighted by Crippen LogP contribution is 2.17. The summed E-state index contributed by atoms with van der Waals surface area (Å²) in [6.45, 7) is 4.88. The first kappa shape index (κ1) is 18.7. The van der Waals surface area contributed by atoms with Crippen LogP contribution in [0.5, 0.6) is 0 Å². The molecule has 0 heterocycles. The molecule has 0 aliphatic carbocycles. The predicted molar refractivity (Wildman–Crippen MR) is 92.4 cm³/mol. The summed E-state index contributed by atoms with van der Waals surface area (Å²) in [5.41, 5.74) is 1.57. The number of benzene rings is 2. The smallest absolute Gasteiger partial charge is 0.241 e. The first-order valence-corrected chi connectivity index (χ1v) is 7.91. The number of amides is 1. The van der Waals surface area contributed by atoms with E-state index in [-0.39, 0.29) is 17.7 Å². The van der Waals surface area contributed by atoms with Crippen LogP contribution in [0.1, 0.15) is 42.7 Å². The number of Topliss-reactive ketones (excluding diaryl/α,β-unsaturated/α-hetero) is 1. The number of nitrogens with one attached hydrogen (secondary N) is 2. The van der Waals surface area contributed by atoms with Gasteiger partial charge in [-0.15, -0.1) is 0 Å². The fraction of sp³-hybridized carbons (Fsp3) is 0.263. The van der Waals surface area contributed by atoms with E-state index in [0.717, 1.165) is 12.1 Å². The lowest BCUT2D eigenvalue weighted by Gasteiger charge is -2.20. The molecule has 2 aromatic carbocycles. The second-order valence-corrected chi connectivity index (χ2v) is 5.91. The zero-order valence-corrected chi connectivity index (χ0v) is 14.3. The fourth-order valence-electron chi connectivity index (χ4n) is 2.40. The van der Waals surface area contributed by atoms with Crippen LogP contribution < -0.4 is 10.6 Å². The van der Waals surface area contributed by atoms with Gasteiger partial charge in [-0.25, -0.2) is 8.78 Å². The monoisotopic (exact) mass is 346 g/mol. The number of carbonyl (C=O) groups is 2. The Morgan fingerprint density at radius 2 is 1.72 bits per heavy atom. The van der Waals surface area contributed by atoms with Crippen LogP contribution in [0.3, 0.4) is 0 Å². The number of carbonyl (C=O) groups excluding carboxylic acids is 2. The van der Waals surface area contributed by atoms with E-state index in [0.29, 0.717) is 16.8 Å². The summed E-state index contributed by atoms with van der Waals surface area (Å²) in [7, 11) is 0. The molecule has 0 aliphatic heterocycles. The Bertz CT molecular complexity index is 793. The molecule has 0 aromatic heterocycles. The molecule has 4 nitrogen and oxygen atoms in total. The van der Waals surface area contributed by atoms with Gasteiger partial charge in [-0.05, 0) is 50.6 Å². The van der Waals surface area contributed by atoms with Gasteiger partial charge in [0.05, 0.1) is 6.04 Å². The fourth-order valence-corrected chi connectivity index (χ4v) is 2.40. The van der Waals surface area contributed by atoms with Gasteiger partial charge in [-0.1, -0.05) is 18.2 Å². The molecule has 2 aromatic rings. The van der Waals surface area contributed by atoms with Crippen molar-refractivity contribution in [3.63, 3.8) is 0 Å². The minimum Gasteiger partial charge on any atom is -0.325 e. The van der Waals surface area contributed by atoms with E-state index < -0.39 is 17.7 Å². The maximum Gasteiger partial charge on any atom is 0.241 e. The maximum absolute atomic E-state index is 13.3. The van der Waals surface area contributed by atoms with Crippen molar-refractivity contribution in [1.82, 2.24) is 5.32 Å². The van der Waals surface area contributed by atoms with Crippen LogP contribution in [0, 0.1) is 11.6 Å². The standard InChI is InChI=1S/C19H20F2N2O2/c1-11(14-7-8-17(20)18(21)10-14)22-12(2)19(25)23-16-6-4-5-15(9-16)13(3)24/h4-12,22H,1-3H3,(H,23,25)/t11-,12+/m1/s1. The molecule has 0 bridgehead atoms. The summed E-state index contributed by atoms with van der Waals surface area (Å²) in [4.78, 5) is 23.7. The number of hydrogen-bond donors (Lipinski definition) is 2. The van der Waals surface area contributed by atoms with Gasteiger partial charge in [0, 0.05) is 17.3 Å². The molecule has 0 aliphatic rings. The van der Waals surface area contributed by atoms with E-state index in [4.69, 9.17) is 0 Å². The van der Waals surface area contributed by atoms with Gasteiger partial charge in [0.2, 0.25) is 5.91 Å². The lowest BCUT2D eigenvalue weighted by atomic mass is 10.1. The quantitative estimate of drug-likeness (QED) is 0.781. The molecular formula is C19H20F2N2O2. The van der Waals surface area contributed by atoms with Crippen LogP contribution in [0.25, 0.3) is 0 Å². The van der Waals surface area contributed by atoms with Crippen LogP contribution in [0.4, 0.5) is 14.5 Å². The highest BCUT2D eigenvalue weighted by atomic mass is 19.2. The Morgan fingerprint density at radius 3 is 2.36 bits per heavy atom. The van der Waals surface area contributed by atoms with Gasteiger partial charge in [-0.3, -0.25) is 14.9 Å². The summed E-state index contributed by atoms with van der Waals surface area (Å²) in [6.07, 6.45) is 0. The van der Waals surface area contributed by atoms with Crippen LogP contribution in [-0.2, 0) is 4.79 Å². The number of ketones is 1. The predicted octanol–water partition coefficient (Wildman–Crippen LogP) is 3.85. The second-order valence-electron chi connectivity index (χ2n) is 5.91. The molecule has 0 unspecified atom stereocenters. The third kappa shape index (κ3) is 4.93. The molecule has 2 rings (SSSR count). The molecule has 0 saturated heterocycles. The Balaban J connectivity index is 2.01. The molecule has 0 fully saturated rings. The van der Waals surface area contributed by atoms with Crippen molar-refractivity contribution < 1.29 is 18.4 Å². The minimum absolute atomic E-state index is 0.0887. The Morgan fingerprint density at radius 1 is 1.00 bits per heavy atom. The van der Waals surface area contributed by atoms with Crippen molar-refractivity contribution in [2.75, 3.05) is 5.32 Å². The van der Waals surface area contributed by atoms with E-state index in [2.05, 4.69) is 10.6 Å². The van der Waals surface area contributed by atoms with Crippen molar-refractivity contribution >= 4 is 17.4 Å². The normalized spacial score (nSPS) is 13.2. The van der Waals surface area contributed by atoms with Gasteiger partial charge in [0.1, 0.15) is 0 Å². The van der Waals surface area contributed by atoms with E-state index in [1.54, 1.807) is 38.1 Å². The van der Waals surface area contributed by atoms with Crippen LogP contribution in [0.15, 0.2) is 42.5 Å². The van der Waals surface area contributed by atoms with Gasteiger partial charge < -0.3 is 5.32 Å². The lowest BCUT2D eigenvalue weighted by Crippen LogP contribution is -2.39. The second kappa shape index (κ2) is 7.98. The molecule has 0 radical (unpaired) electrons. The minimum atomic E-state index is -0.927. The first-order valence-electron chi connectivity index (χ1n) is 7.91. The number of halogens is 2. The van der Waals surface area contributed by atoms with Crippen LogP contribution in [0.2, 0.25) is 0 Å². The average molecular weight is 346 g/mol. The van der Waals surface area contributed by atoms with Gasteiger partial charge in [-0.2, -0.15) is 0 Å². The molecule has 0 saturated carbocycles. The van der Waals surface area contributed by atoms with Crippen molar-refractivity contribution in [1.29, 1.82) is 0 Å². The SMILES string of the molecule is CC(=O)c1cccc(NC(=O)[C@H](C)N[C@H](C)c2ccc(F)c(F)c2)c1. The zero-order chi connectivity index (χ0) is 18.6. The summed E-state index contributed by atoms with van der Waals surface area (Å²) < 4.78 is 26.3. The molecule has 2 N–H and O–H groups in total.